The monoisotopic (exact) mass is 361 g/mol. The van der Waals surface area contributed by atoms with Crippen molar-refractivity contribution in [3.63, 3.8) is 0 Å². The van der Waals surface area contributed by atoms with Crippen molar-refractivity contribution in [2.45, 2.75) is 65.3 Å². The van der Waals surface area contributed by atoms with E-state index in [0.29, 0.717) is 12.4 Å². The molecule has 1 fully saturated rings. The van der Waals surface area contributed by atoms with Crippen LogP contribution in [0.1, 0.15) is 73.4 Å². The minimum atomic E-state index is -0.577. The van der Waals surface area contributed by atoms with Crippen molar-refractivity contribution in [3.8, 4) is 0 Å². The lowest BCUT2D eigenvalue weighted by Gasteiger charge is -2.32. The summed E-state index contributed by atoms with van der Waals surface area (Å²) in [6, 6.07) is 0.233. The van der Waals surface area contributed by atoms with Gasteiger partial charge in [0.25, 0.3) is 5.91 Å². The van der Waals surface area contributed by atoms with Crippen LogP contribution < -0.4 is 5.43 Å². The molecule has 0 radical (unpaired) electrons. The summed E-state index contributed by atoms with van der Waals surface area (Å²) in [6.07, 6.45) is 5.02. The van der Waals surface area contributed by atoms with E-state index in [4.69, 9.17) is 9.15 Å². The van der Waals surface area contributed by atoms with Crippen LogP contribution in [0.4, 0.5) is 4.79 Å². The van der Waals surface area contributed by atoms with E-state index in [0.717, 1.165) is 67.7 Å². The van der Waals surface area contributed by atoms with Gasteiger partial charge in [-0.15, -0.1) is 0 Å². The van der Waals surface area contributed by atoms with Gasteiger partial charge in [-0.05, 0) is 52.9 Å². The van der Waals surface area contributed by atoms with Crippen LogP contribution >= 0.6 is 0 Å². The van der Waals surface area contributed by atoms with Crippen LogP contribution in [0, 0.1) is 6.92 Å². The molecular formula is C19H27N3O4. The molecule has 1 aliphatic heterocycles. The SMILES string of the molecule is CCOC(=O)N/N=C1\CCCc2oc(C(=O)N3CCCCC3C)c(C)c21. The molecule has 1 unspecified atom stereocenters. The number of likely N-dealkylation sites (tertiary alicyclic amines) is 1. The number of ether oxygens (including phenoxy) is 1. The molecule has 7 nitrogen and oxygen atoms in total. The minimum absolute atomic E-state index is 0.0400. The number of piperidine rings is 1. The number of amides is 2. The van der Waals surface area contributed by atoms with E-state index in [9.17, 15) is 9.59 Å². The second-order valence-electron chi connectivity index (χ2n) is 6.94. The highest BCUT2D eigenvalue weighted by molar-refractivity contribution is 6.06. The van der Waals surface area contributed by atoms with Gasteiger partial charge >= 0.3 is 6.09 Å². The van der Waals surface area contributed by atoms with Crippen LogP contribution in [0.3, 0.4) is 0 Å². The van der Waals surface area contributed by atoms with E-state index in [1.54, 1.807) is 6.92 Å². The smallest absolute Gasteiger partial charge is 0.427 e. The van der Waals surface area contributed by atoms with Gasteiger partial charge in [0.15, 0.2) is 5.76 Å². The number of carbonyl (C=O) groups is 2. The third kappa shape index (κ3) is 3.61. The molecule has 1 aromatic rings. The number of nitrogens with zero attached hydrogens (tertiary/aromatic N) is 2. The molecule has 3 rings (SSSR count). The summed E-state index contributed by atoms with van der Waals surface area (Å²) in [6.45, 7) is 6.79. The normalized spacial score (nSPS) is 21.4. The van der Waals surface area contributed by atoms with Crippen molar-refractivity contribution < 1.29 is 18.7 Å². The standard InChI is InChI=1S/C19H27N3O4/c1-4-25-19(24)21-20-14-9-7-10-15-16(14)13(3)17(26-15)18(23)22-11-6-5-8-12(22)2/h12H,4-11H2,1-3H3,(H,21,24)/b20-14+. The van der Waals surface area contributed by atoms with Gasteiger partial charge in [-0.2, -0.15) is 5.10 Å². The summed E-state index contributed by atoms with van der Waals surface area (Å²) in [7, 11) is 0. The zero-order valence-corrected chi connectivity index (χ0v) is 15.8. The molecule has 1 aliphatic carbocycles. The van der Waals surface area contributed by atoms with Gasteiger partial charge in [0.2, 0.25) is 0 Å². The Morgan fingerprint density at radius 3 is 2.85 bits per heavy atom. The quantitative estimate of drug-likeness (QED) is 0.837. The molecule has 0 bridgehead atoms. The Hall–Kier alpha value is -2.31. The first-order chi connectivity index (χ1) is 12.5. The van der Waals surface area contributed by atoms with Crippen molar-refractivity contribution in [2.75, 3.05) is 13.2 Å². The van der Waals surface area contributed by atoms with E-state index in [2.05, 4.69) is 17.5 Å². The molecule has 7 heteroatoms. The number of aryl methyl sites for hydroxylation is 1. The molecule has 2 amide bonds. The molecule has 1 aromatic heterocycles. The molecule has 1 N–H and O–H groups in total. The van der Waals surface area contributed by atoms with Gasteiger partial charge in [-0.3, -0.25) is 4.79 Å². The number of hydrogen-bond donors (Lipinski definition) is 1. The van der Waals surface area contributed by atoms with Crippen molar-refractivity contribution in [3.05, 3.63) is 22.6 Å². The number of carbonyl (C=O) groups excluding carboxylic acids is 2. The minimum Gasteiger partial charge on any atom is -0.455 e. The van der Waals surface area contributed by atoms with Gasteiger partial charge in [-0.25, -0.2) is 10.2 Å². The number of furan rings is 1. The fraction of sp³-hybridized carbons (Fsp3) is 0.632. The molecular weight excluding hydrogens is 334 g/mol. The fourth-order valence-corrected chi connectivity index (χ4v) is 3.79. The summed E-state index contributed by atoms with van der Waals surface area (Å²) in [5, 5.41) is 4.21. The van der Waals surface area contributed by atoms with Crippen LogP contribution in [0.5, 0.6) is 0 Å². The summed E-state index contributed by atoms with van der Waals surface area (Å²) in [4.78, 5) is 26.4. The molecule has 0 saturated carbocycles. The third-order valence-electron chi connectivity index (χ3n) is 5.14. The fourth-order valence-electron chi connectivity index (χ4n) is 3.79. The predicted molar refractivity (Wildman–Crippen MR) is 97.4 cm³/mol. The highest BCUT2D eigenvalue weighted by Crippen LogP contribution is 2.31. The molecule has 2 heterocycles. The van der Waals surface area contributed by atoms with Crippen molar-refractivity contribution >= 4 is 17.7 Å². The topological polar surface area (TPSA) is 84.1 Å². The highest BCUT2D eigenvalue weighted by Gasteiger charge is 2.32. The van der Waals surface area contributed by atoms with Gasteiger partial charge in [-0.1, -0.05) is 0 Å². The largest absolute Gasteiger partial charge is 0.455 e. The Labute approximate surface area is 153 Å². The Morgan fingerprint density at radius 1 is 1.31 bits per heavy atom. The lowest BCUT2D eigenvalue weighted by Crippen LogP contribution is -2.42. The maximum atomic E-state index is 13.0. The van der Waals surface area contributed by atoms with E-state index < -0.39 is 6.09 Å². The Balaban J connectivity index is 1.86. The molecule has 142 valence electrons. The van der Waals surface area contributed by atoms with Gasteiger partial charge in [0, 0.05) is 30.1 Å². The maximum absolute atomic E-state index is 13.0. The van der Waals surface area contributed by atoms with Gasteiger partial charge < -0.3 is 14.1 Å². The molecule has 0 aromatic carbocycles. The maximum Gasteiger partial charge on any atom is 0.427 e. The van der Waals surface area contributed by atoms with E-state index in [-0.39, 0.29) is 11.9 Å². The second-order valence-corrected chi connectivity index (χ2v) is 6.94. The number of hydrogen-bond acceptors (Lipinski definition) is 5. The predicted octanol–water partition coefficient (Wildman–Crippen LogP) is 3.39. The Morgan fingerprint density at radius 2 is 2.12 bits per heavy atom. The Kier molecular flexibility index (Phi) is 5.64. The Bertz CT molecular complexity index is 723. The number of hydrazone groups is 1. The van der Waals surface area contributed by atoms with Crippen LogP contribution in [0.2, 0.25) is 0 Å². The summed E-state index contributed by atoms with van der Waals surface area (Å²) >= 11 is 0. The van der Waals surface area contributed by atoms with E-state index >= 15 is 0 Å². The summed E-state index contributed by atoms with van der Waals surface area (Å²) in [5.74, 6) is 1.16. The van der Waals surface area contributed by atoms with Crippen molar-refractivity contribution in [2.24, 2.45) is 5.10 Å². The van der Waals surface area contributed by atoms with E-state index in [1.165, 1.54) is 0 Å². The lowest BCUT2D eigenvalue weighted by atomic mass is 9.93. The first-order valence-corrected chi connectivity index (χ1v) is 9.45. The average Bonchev–Trinajstić information content (AvgIpc) is 2.97. The van der Waals surface area contributed by atoms with Crippen LogP contribution in [-0.4, -0.2) is 41.8 Å². The second kappa shape index (κ2) is 7.93. The molecule has 1 saturated heterocycles. The number of fused-ring (bicyclic) bond motifs is 1. The highest BCUT2D eigenvalue weighted by atomic mass is 16.5. The number of nitrogens with one attached hydrogen (secondary N) is 1. The van der Waals surface area contributed by atoms with Crippen molar-refractivity contribution in [1.82, 2.24) is 10.3 Å². The number of rotatable bonds is 3. The third-order valence-corrected chi connectivity index (χ3v) is 5.14. The van der Waals surface area contributed by atoms with Crippen LogP contribution in [-0.2, 0) is 11.2 Å². The van der Waals surface area contributed by atoms with Crippen molar-refractivity contribution in [1.29, 1.82) is 0 Å². The van der Waals surface area contributed by atoms with Gasteiger partial charge in [0.05, 0.1) is 12.3 Å². The molecule has 0 spiro atoms. The van der Waals surface area contributed by atoms with Crippen LogP contribution in [0.15, 0.2) is 9.52 Å². The first kappa shape index (κ1) is 18.5. The molecule has 26 heavy (non-hydrogen) atoms. The van der Waals surface area contributed by atoms with E-state index in [1.807, 2.05) is 11.8 Å². The molecule has 2 aliphatic rings. The summed E-state index contributed by atoms with van der Waals surface area (Å²) in [5.41, 5.74) is 4.84. The average molecular weight is 361 g/mol. The zero-order valence-electron chi connectivity index (χ0n) is 15.8. The zero-order chi connectivity index (χ0) is 18.7. The van der Waals surface area contributed by atoms with Crippen LogP contribution in [0.25, 0.3) is 0 Å². The molecule has 1 atom stereocenters. The van der Waals surface area contributed by atoms with Gasteiger partial charge in [0.1, 0.15) is 5.76 Å². The lowest BCUT2D eigenvalue weighted by molar-refractivity contribution is 0.0600. The first-order valence-electron chi connectivity index (χ1n) is 9.45. The summed E-state index contributed by atoms with van der Waals surface area (Å²) < 4.78 is 10.8.